The average molecular weight is 1440 g/mol. The number of aliphatic carboxylic acids is 1. The van der Waals surface area contributed by atoms with Crippen molar-refractivity contribution in [1.82, 2.24) is 0 Å². The Morgan fingerprint density at radius 2 is 0.524 bits per heavy atom. The van der Waals surface area contributed by atoms with Crippen LogP contribution in [0, 0.1) is 0 Å². The molecule has 2 atom stereocenters. The van der Waals surface area contributed by atoms with E-state index in [-0.39, 0.29) is 38.2 Å². The molecule has 0 aromatic rings. The summed E-state index contributed by atoms with van der Waals surface area (Å²) in [4.78, 5) is 37.8. The third-order valence-electron chi connectivity index (χ3n) is 19.8. The molecule has 0 bridgehead atoms. The second-order valence-electron chi connectivity index (χ2n) is 31.1. The Labute approximate surface area is 639 Å². The minimum Gasteiger partial charge on any atom is -0.477 e. The number of hydrogen-bond donors (Lipinski definition) is 1. The molecule has 1 N–H and O–H groups in total. The number of carboxylic acids is 1. The number of rotatable bonds is 83. The quantitative estimate of drug-likeness (QED) is 0.0211. The Kier molecular flexibility index (Phi) is 80.8. The van der Waals surface area contributed by atoms with Gasteiger partial charge in [-0.2, -0.15) is 0 Å². The number of carboxylic acid groups (broad SMARTS) is 1. The summed E-state index contributed by atoms with van der Waals surface area (Å²) in [7, 11) is 6.00. The minimum atomic E-state index is -1.51. The van der Waals surface area contributed by atoms with Gasteiger partial charge in [0.15, 0.2) is 6.10 Å². The van der Waals surface area contributed by atoms with Crippen LogP contribution in [0.25, 0.3) is 0 Å². The van der Waals surface area contributed by atoms with Gasteiger partial charge in [-0.15, -0.1) is 0 Å². The lowest BCUT2D eigenvalue weighted by atomic mass is 10.0. The van der Waals surface area contributed by atoms with Crippen LogP contribution in [0.4, 0.5) is 0 Å². The predicted octanol–water partition coefficient (Wildman–Crippen LogP) is 29.0. The minimum absolute atomic E-state index is 0.177. The third kappa shape index (κ3) is 85.3. The maximum Gasteiger partial charge on any atom is 0.361 e. The fraction of sp³-hybridized carbons (Fsp3) is 0.798. The van der Waals surface area contributed by atoms with E-state index >= 15 is 0 Å². The lowest BCUT2D eigenvalue weighted by Gasteiger charge is -2.25. The number of nitrogens with zero attached hydrogens (tertiary/aromatic N) is 1. The standard InChI is InChI=1S/C94H169NO8/c1-6-8-10-12-14-16-18-20-22-24-26-28-30-32-34-36-38-40-42-44-45-46-47-49-51-53-55-57-59-61-63-65-67-69-71-73-75-77-79-81-83-85-92(97)103-90(89-102-94(93(98)99)100-87-86-95(3,4)5)88-101-91(96)84-82-80-78-76-74-72-70-68-66-64-62-60-58-56-54-52-50-48-43-41-39-37-35-33-31-29-27-25-23-21-19-17-15-13-11-9-7-2/h8-11,14-17,20-23,26-29,90,94H,6-7,12-13,18-19,24-25,30-89H2,1-5H3/p+1/b10-8-,11-9-,16-14-,17-15-,22-20-,23-21-,28-26-,29-27-. The second kappa shape index (κ2) is 83.8. The SMILES string of the molecule is CC/C=C\C/C=C\C/C=C\C/C=C\CCCCCCCCCCCCCCCCCCCCCCCCCCCCCCC(=O)OC(COC(=O)CCCCCCCCCCCCCCCCCCCCCCCCCC/C=C\C/C=C\C/C=C\C/C=C\CC)COC(OCC[N+](C)(C)C)C(=O)O. The lowest BCUT2D eigenvalue weighted by molar-refractivity contribution is -0.870. The van der Waals surface area contributed by atoms with Crippen molar-refractivity contribution in [3.05, 3.63) is 97.2 Å². The normalized spacial score (nSPS) is 13.1. The van der Waals surface area contributed by atoms with Crippen LogP contribution in [0.2, 0.25) is 0 Å². The van der Waals surface area contributed by atoms with Gasteiger partial charge in [0.1, 0.15) is 13.2 Å². The molecule has 2 unspecified atom stereocenters. The number of quaternary nitrogens is 1. The molecule has 0 radical (unpaired) electrons. The predicted molar refractivity (Wildman–Crippen MR) is 447 cm³/mol. The maximum atomic E-state index is 13.0. The summed E-state index contributed by atoms with van der Waals surface area (Å²) in [6.07, 6.45) is 115. The lowest BCUT2D eigenvalue weighted by Crippen LogP contribution is -2.40. The van der Waals surface area contributed by atoms with Crippen LogP contribution < -0.4 is 0 Å². The summed E-state index contributed by atoms with van der Waals surface area (Å²) in [5.74, 6) is -1.97. The highest BCUT2D eigenvalue weighted by molar-refractivity contribution is 5.71. The van der Waals surface area contributed by atoms with Gasteiger partial charge in [-0.1, -0.05) is 419 Å². The van der Waals surface area contributed by atoms with Gasteiger partial charge in [0.2, 0.25) is 0 Å². The molecule has 0 fully saturated rings. The van der Waals surface area contributed by atoms with Crippen molar-refractivity contribution in [2.24, 2.45) is 0 Å². The third-order valence-corrected chi connectivity index (χ3v) is 19.8. The number of allylic oxidation sites excluding steroid dienone is 16. The molecule has 0 heterocycles. The molecule has 103 heavy (non-hydrogen) atoms. The van der Waals surface area contributed by atoms with Crippen molar-refractivity contribution >= 4 is 17.9 Å². The fourth-order valence-electron chi connectivity index (χ4n) is 13.2. The Balaban J connectivity index is 3.90. The largest absolute Gasteiger partial charge is 0.477 e. The van der Waals surface area contributed by atoms with Crippen LogP contribution in [0.3, 0.4) is 0 Å². The van der Waals surface area contributed by atoms with E-state index in [0.717, 1.165) is 89.9 Å². The first-order valence-electron chi connectivity index (χ1n) is 44.4. The molecule has 598 valence electrons. The smallest absolute Gasteiger partial charge is 0.361 e. The Morgan fingerprint density at radius 3 is 0.777 bits per heavy atom. The number of carbonyl (C=O) groups excluding carboxylic acids is 2. The zero-order chi connectivity index (χ0) is 74.6. The van der Waals surface area contributed by atoms with E-state index in [1.807, 2.05) is 21.1 Å². The molecule has 9 heteroatoms. The molecule has 0 saturated heterocycles. The van der Waals surface area contributed by atoms with E-state index in [0.29, 0.717) is 17.4 Å². The summed E-state index contributed by atoms with van der Waals surface area (Å²) < 4.78 is 23.1. The van der Waals surface area contributed by atoms with Crippen molar-refractivity contribution in [3.8, 4) is 0 Å². The molecular formula is C94H170NO8+. The topological polar surface area (TPSA) is 108 Å². The molecule has 0 amide bonds. The monoisotopic (exact) mass is 1440 g/mol. The van der Waals surface area contributed by atoms with Gasteiger partial charge in [0.05, 0.1) is 34.4 Å². The number of likely N-dealkylation sites (N-methyl/N-ethyl adjacent to an activating group) is 1. The first kappa shape index (κ1) is 99.2. The number of carbonyl (C=O) groups is 3. The molecule has 0 aromatic heterocycles. The molecule has 0 saturated carbocycles. The highest BCUT2D eigenvalue weighted by Gasteiger charge is 2.25. The number of unbranched alkanes of at least 4 members (excludes halogenated alkanes) is 52. The number of esters is 2. The van der Waals surface area contributed by atoms with Crippen LogP contribution in [-0.2, 0) is 33.3 Å². The Hall–Kier alpha value is -3.79. The van der Waals surface area contributed by atoms with E-state index in [1.54, 1.807) is 0 Å². The molecule has 0 aliphatic carbocycles. The zero-order valence-corrected chi connectivity index (χ0v) is 68.7. The van der Waals surface area contributed by atoms with Gasteiger partial charge in [-0.25, -0.2) is 4.79 Å². The first-order chi connectivity index (χ1) is 50.6. The molecule has 0 aliphatic heterocycles. The summed E-state index contributed by atoms with van der Waals surface area (Å²) in [5.41, 5.74) is 0. The van der Waals surface area contributed by atoms with Crippen molar-refractivity contribution < 1.29 is 42.9 Å². The summed E-state index contributed by atoms with van der Waals surface area (Å²) >= 11 is 0. The van der Waals surface area contributed by atoms with Gasteiger partial charge in [-0.3, -0.25) is 9.59 Å². The van der Waals surface area contributed by atoms with Crippen LogP contribution in [0.15, 0.2) is 97.2 Å². The van der Waals surface area contributed by atoms with Crippen LogP contribution in [0.1, 0.15) is 425 Å². The Morgan fingerprint density at radius 1 is 0.291 bits per heavy atom. The Bertz CT molecular complexity index is 2030. The van der Waals surface area contributed by atoms with E-state index < -0.39 is 18.4 Å². The summed E-state index contributed by atoms with van der Waals surface area (Å²) in [6.45, 7) is 4.72. The highest BCUT2D eigenvalue weighted by Crippen LogP contribution is 2.20. The summed E-state index contributed by atoms with van der Waals surface area (Å²) in [6, 6.07) is 0. The van der Waals surface area contributed by atoms with E-state index in [4.69, 9.17) is 18.9 Å². The van der Waals surface area contributed by atoms with Crippen molar-refractivity contribution in [3.63, 3.8) is 0 Å². The number of hydrogen-bond acceptors (Lipinski definition) is 7. The van der Waals surface area contributed by atoms with Crippen molar-refractivity contribution in [1.29, 1.82) is 0 Å². The zero-order valence-electron chi connectivity index (χ0n) is 68.7. The van der Waals surface area contributed by atoms with Crippen LogP contribution >= 0.6 is 0 Å². The maximum absolute atomic E-state index is 13.0. The average Bonchev–Trinajstić information content (AvgIpc) is 1.01. The van der Waals surface area contributed by atoms with E-state index in [1.165, 1.54) is 308 Å². The fourth-order valence-corrected chi connectivity index (χ4v) is 13.2. The van der Waals surface area contributed by atoms with E-state index in [2.05, 4.69) is 111 Å². The molecule has 9 nitrogen and oxygen atoms in total. The number of ether oxygens (including phenoxy) is 4. The molecule has 0 rings (SSSR count). The van der Waals surface area contributed by atoms with Gasteiger partial charge < -0.3 is 28.5 Å². The van der Waals surface area contributed by atoms with Crippen molar-refractivity contribution in [2.75, 3.05) is 47.5 Å². The van der Waals surface area contributed by atoms with Crippen molar-refractivity contribution in [2.45, 2.75) is 437 Å². The van der Waals surface area contributed by atoms with Gasteiger partial charge in [0.25, 0.3) is 6.29 Å². The molecular weight excluding hydrogens is 1270 g/mol. The molecule has 0 aromatic carbocycles. The van der Waals surface area contributed by atoms with Gasteiger partial charge in [0, 0.05) is 12.8 Å². The highest BCUT2D eigenvalue weighted by atomic mass is 16.7. The second-order valence-corrected chi connectivity index (χ2v) is 31.1. The van der Waals surface area contributed by atoms with Crippen LogP contribution in [0.5, 0.6) is 0 Å². The first-order valence-corrected chi connectivity index (χ1v) is 44.4. The van der Waals surface area contributed by atoms with E-state index in [9.17, 15) is 19.5 Å². The molecule has 0 aliphatic rings. The summed E-state index contributed by atoms with van der Waals surface area (Å²) in [5, 5.41) is 9.79. The van der Waals surface area contributed by atoms with Crippen LogP contribution in [-0.4, -0.2) is 87.4 Å². The van der Waals surface area contributed by atoms with Gasteiger partial charge in [-0.05, 0) is 89.9 Å². The molecule has 0 spiro atoms. The van der Waals surface area contributed by atoms with Gasteiger partial charge >= 0.3 is 17.9 Å².